The molecule has 0 fully saturated rings. The molecule has 1 amide bonds. The SMILES string of the molecule is Cc1cnn(C[C@@H](C)NCc2csc(CC(=O)N(C)C)n2)c1. The summed E-state index contributed by atoms with van der Waals surface area (Å²) in [5.41, 5.74) is 2.15. The Morgan fingerprint density at radius 3 is 2.91 bits per heavy atom. The Balaban J connectivity index is 1.79. The zero-order valence-corrected chi connectivity index (χ0v) is 14.4. The third-order valence-electron chi connectivity index (χ3n) is 3.26. The quantitative estimate of drug-likeness (QED) is 0.838. The Hall–Kier alpha value is -1.73. The van der Waals surface area contributed by atoms with Gasteiger partial charge >= 0.3 is 0 Å². The predicted molar refractivity (Wildman–Crippen MR) is 87.8 cm³/mol. The van der Waals surface area contributed by atoms with E-state index >= 15 is 0 Å². The number of hydrogen-bond acceptors (Lipinski definition) is 5. The van der Waals surface area contributed by atoms with Crippen LogP contribution in [0.15, 0.2) is 17.8 Å². The van der Waals surface area contributed by atoms with Crippen LogP contribution in [-0.2, 0) is 24.3 Å². The summed E-state index contributed by atoms with van der Waals surface area (Å²) in [6, 6.07) is 0.299. The molecule has 2 rings (SSSR count). The molecule has 0 aliphatic carbocycles. The molecule has 1 atom stereocenters. The lowest BCUT2D eigenvalue weighted by molar-refractivity contribution is -0.127. The maximum absolute atomic E-state index is 11.7. The van der Waals surface area contributed by atoms with Gasteiger partial charge in [0.25, 0.3) is 0 Å². The molecule has 0 spiro atoms. The number of nitrogens with zero attached hydrogens (tertiary/aromatic N) is 4. The first-order valence-electron chi connectivity index (χ1n) is 7.30. The average Bonchev–Trinajstić information content (AvgIpc) is 3.06. The number of carbonyl (C=O) groups excluding carboxylic acids is 1. The summed E-state index contributed by atoms with van der Waals surface area (Å²) in [5.74, 6) is 0.0799. The van der Waals surface area contributed by atoms with E-state index in [1.54, 1.807) is 19.0 Å². The third kappa shape index (κ3) is 4.92. The normalized spacial score (nSPS) is 12.4. The number of rotatable bonds is 7. The highest BCUT2D eigenvalue weighted by Crippen LogP contribution is 2.11. The summed E-state index contributed by atoms with van der Waals surface area (Å²) in [6.07, 6.45) is 4.27. The van der Waals surface area contributed by atoms with Crippen LogP contribution in [0.25, 0.3) is 0 Å². The van der Waals surface area contributed by atoms with Crippen LogP contribution in [0.4, 0.5) is 0 Å². The number of hydrogen-bond donors (Lipinski definition) is 1. The van der Waals surface area contributed by atoms with Gasteiger partial charge in [-0.05, 0) is 19.4 Å². The average molecular weight is 321 g/mol. The van der Waals surface area contributed by atoms with Crippen molar-refractivity contribution in [3.05, 3.63) is 34.0 Å². The van der Waals surface area contributed by atoms with Crippen molar-refractivity contribution in [2.24, 2.45) is 0 Å². The summed E-state index contributed by atoms with van der Waals surface area (Å²) in [6.45, 7) is 5.69. The van der Waals surface area contributed by atoms with E-state index in [4.69, 9.17) is 0 Å². The van der Waals surface area contributed by atoms with Crippen molar-refractivity contribution < 1.29 is 4.79 Å². The highest BCUT2D eigenvalue weighted by molar-refractivity contribution is 7.09. The fourth-order valence-electron chi connectivity index (χ4n) is 1.99. The molecule has 7 heteroatoms. The third-order valence-corrected chi connectivity index (χ3v) is 4.15. The van der Waals surface area contributed by atoms with E-state index < -0.39 is 0 Å². The lowest BCUT2D eigenvalue weighted by Gasteiger charge is -2.12. The Morgan fingerprint density at radius 1 is 1.50 bits per heavy atom. The molecule has 0 aromatic carbocycles. The van der Waals surface area contributed by atoms with Gasteiger partial charge in [-0.15, -0.1) is 11.3 Å². The van der Waals surface area contributed by atoms with Crippen LogP contribution in [-0.4, -0.2) is 45.7 Å². The summed E-state index contributed by atoms with van der Waals surface area (Å²) < 4.78 is 1.94. The fourth-order valence-corrected chi connectivity index (χ4v) is 2.77. The number of aromatic nitrogens is 3. The second-order valence-electron chi connectivity index (χ2n) is 5.72. The molecule has 1 N–H and O–H groups in total. The number of aryl methyl sites for hydroxylation is 1. The minimum Gasteiger partial charge on any atom is -0.348 e. The maximum atomic E-state index is 11.7. The van der Waals surface area contributed by atoms with E-state index in [-0.39, 0.29) is 5.91 Å². The lowest BCUT2D eigenvalue weighted by atomic mass is 10.3. The van der Waals surface area contributed by atoms with Gasteiger partial charge in [-0.2, -0.15) is 5.10 Å². The summed E-state index contributed by atoms with van der Waals surface area (Å²) in [5, 5.41) is 10.6. The molecular formula is C15H23N5OS. The van der Waals surface area contributed by atoms with Crippen molar-refractivity contribution in [3.8, 4) is 0 Å². The molecule has 0 bridgehead atoms. The Bertz CT molecular complexity index is 619. The molecule has 0 saturated carbocycles. The Kier molecular flexibility index (Phi) is 5.68. The van der Waals surface area contributed by atoms with Crippen LogP contribution in [0.5, 0.6) is 0 Å². The lowest BCUT2D eigenvalue weighted by Crippen LogP contribution is -2.30. The second kappa shape index (κ2) is 7.51. The first kappa shape index (κ1) is 16.6. The van der Waals surface area contributed by atoms with Crippen molar-refractivity contribution in [1.29, 1.82) is 0 Å². The largest absolute Gasteiger partial charge is 0.348 e. The van der Waals surface area contributed by atoms with Gasteiger partial charge in [0, 0.05) is 38.3 Å². The molecular weight excluding hydrogens is 298 g/mol. The topological polar surface area (TPSA) is 63.1 Å². The number of thiazole rings is 1. The van der Waals surface area contributed by atoms with E-state index in [0.717, 1.165) is 17.2 Å². The molecule has 2 aromatic heterocycles. The van der Waals surface area contributed by atoms with Crippen LogP contribution in [0.1, 0.15) is 23.2 Å². The first-order valence-corrected chi connectivity index (χ1v) is 8.18. The molecule has 2 aromatic rings. The van der Waals surface area contributed by atoms with Crippen molar-refractivity contribution >= 4 is 17.2 Å². The molecule has 0 aliphatic rings. The van der Waals surface area contributed by atoms with Gasteiger partial charge < -0.3 is 10.2 Å². The standard InChI is InChI=1S/C15H23N5OS/c1-11-6-17-20(8-11)9-12(2)16-7-13-10-22-14(18-13)5-15(21)19(3)4/h6,8,10,12,16H,5,7,9H2,1-4H3/t12-/m1/s1. The second-order valence-corrected chi connectivity index (χ2v) is 6.66. The Morgan fingerprint density at radius 2 is 2.27 bits per heavy atom. The monoisotopic (exact) mass is 321 g/mol. The van der Waals surface area contributed by atoms with E-state index in [0.29, 0.717) is 19.0 Å². The van der Waals surface area contributed by atoms with Crippen LogP contribution in [0, 0.1) is 6.92 Å². The van der Waals surface area contributed by atoms with E-state index in [9.17, 15) is 4.79 Å². The molecule has 0 saturated heterocycles. The highest BCUT2D eigenvalue weighted by atomic mass is 32.1. The first-order chi connectivity index (χ1) is 10.4. The fraction of sp³-hybridized carbons (Fsp3) is 0.533. The molecule has 6 nitrogen and oxygen atoms in total. The van der Waals surface area contributed by atoms with Crippen LogP contribution >= 0.6 is 11.3 Å². The van der Waals surface area contributed by atoms with E-state index in [2.05, 4.69) is 22.3 Å². The summed E-state index contributed by atoms with van der Waals surface area (Å²) in [4.78, 5) is 17.8. The highest BCUT2D eigenvalue weighted by Gasteiger charge is 2.10. The van der Waals surface area contributed by atoms with Gasteiger partial charge in [0.05, 0.1) is 24.9 Å². The molecule has 2 heterocycles. The van der Waals surface area contributed by atoms with E-state index in [1.807, 2.05) is 29.4 Å². The van der Waals surface area contributed by atoms with Crippen LogP contribution < -0.4 is 5.32 Å². The smallest absolute Gasteiger partial charge is 0.228 e. The van der Waals surface area contributed by atoms with E-state index in [1.165, 1.54) is 16.9 Å². The molecule has 0 unspecified atom stereocenters. The molecule has 22 heavy (non-hydrogen) atoms. The number of nitrogens with one attached hydrogen (secondary N) is 1. The van der Waals surface area contributed by atoms with Gasteiger partial charge in [0.2, 0.25) is 5.91 Å². The molecule has 0 radical (unpaired) electrons. The number of likely N-dealkylation sites (N-methyl/N-ethyl adjacent to an activating group) is 1. The van der Waals surface area contributed by atoms with Crippen LogP contribution in [0.2, 0.25) is 0 Å². The van der Waals surface area contributed by atoms with Crippen molar-refractivity contribution in [2.45, 2.75) is 39.4 Å². The number of amides is 1. The summed E-state index contributed by atoms with van der Waals surface area (Å²) >= 11 is 1.54. The molecule has 0 aliphatic heterocycles. The van der Waals surface area contributed by atoms with Crippen molar-refractivity contribution in [2.75, 3.05) is 14.1 Å². The zero-order chi connectivity index (χ0) is 16.1. The Labute approximate surface area is 135 Å². The van der Waals surface area contributed by atoms with Crippen molar-refractivity contribution in [3.63, 3.8) is 0 Å². The summed E-state index contributed by atoms with van der Waals surface area (Å²) in [7, 11) is 3.52. The van der Waals surface area contributed by atoms with Crippen LogP contribution in [0.3, 0.4) is 0 Å². The number of carbonyl (C=O) groups is 1. The maximum Gasteiger partial charge on any atom is 0.228 e. The van der Waals surface area contributed by atoms with Gasteiger partial charge in [-0.3, -0.25) is 9.48 Å². The zero-order valence-electron chi connectivity index (χ0n) is 13.5. The molecule has 120 valence electrons. The minimum absolute atomic E-state index is 0.0799. The van der Waals surface area contributed by atoms with Gasteiger partial charge in [0.15, 0.2) is 0 Å². The van der Waals surface area contributed by atoms with Gasteiger partial charge in [-0.1, -0.05) is 0 Å². The van der Waals surface area contributed by atoms with Gasteiger partial charge in [0.1, 0.15) is 5.01 Å². The van der Waals surface area contributed by atoms with Crippen molar-refractivity contribution in [1.82, 2.24) is 25.0 Å². The van der Waals surface area contributed by atoms with Gasteiger partial charge in [-0.25, -0.2) is 4.98 Å². The predicted octanol–water partition coefficient (Wildman–Crippen LogP) is 1.46. The minimum atomic E-state index is 0.0799.